The Morgan fingerprint density at radius 1 is 1.00 bits per heavy atom. The lowest BCUT2D eigenvalue weighted by Crippen LogP contribution is -2.42. The third kappa shape index (κ3) is 4.58. The molecular weight excluding hydrogens is 434 g/mol. The van der Waals surface area contributed by atoms with Crippen molar-refractivity contribution in [1.82, 2.24) is 0 Å². The average molecular weight is 452 g/mol. The number of sulfone groups is 1. The molecule has 10 heteroatoms. The van der Waals surface area contributed by atoms with E-state index in [1.165, 1.54) is 63.4 Å². The van der Waals surface area contributed by atoms with Crippen LogP contribution < -0.4 is 10.1 Å². The second-order valence-corrected chi connectivity index (χ2v) is 9.12. The number of rotatable bonds is 5. The molecule has 0 amide bonds. The molecule has 1 aliphatic rings. The smallest absolute Gasteiger partial charge is 0.350 e. The van der Waals surface area contributed by atoms with Gasteiger partial charge in [0.1, 0.15) is 5.75 Å². The van der Waals surface area contributed by atoms with Crippen LogP contribution in [0.4, 0.5) is 5.69 Å². The highest BCUT2D eigenvalue weighted by Gasteiger charge is 2.39. The first-order chi connectivity index (χ1) is 14.0. The van der Waals surface area contributed by atoms with Crippen LogP contribution in [0.15, 0.2) is 64.0 Å². The van der Waals surface area contributed by atoms with Crippen LogP contribution in [0.2, 0.25) is 5.02 Å². The van der Waals surface area contributed by atoms with Gasteiger partial charge in [-0.2, -0.15) is 0 Å². The topological polar surface area (TPSA) is 108 Å². The normalized spacial score (nSPS) is 15.8. The molecule has 0 aliphatic carbocycles. The SMILES string of the molecule is COc1cc(NC=C2C(=O)OC(C)(C)OC2=O)cc(S(=O)(=O)c2ccc(Cl)cc2)c1. The molecule has 2 aromatic carbocycles. The molecule has 1 N–H and O–H groups in total. The van der Waals surface area contributed by atoms with Gasteiger partial charge in [-0.05, 0) is 36.4 Å². The number of carbonyl (C=O) groups is 2. The first-order valence-corrected chi connectivity index (χ1v) is 10.5. The second-order valence-electron chi connectivity index (χ2n) is 6.74. The maximum atomic E-state index is 13.0. The fourth-order valence-corrected chi connectivity index (χ4v) is 4.06. The Labute approximate surface area is 178 Å². The van der Waals surface area contributed by atoms with Crippen molar-refractivity contribution in [2.24, 2.45) is 0 Å². The Bertz CT molecular complexity index is 1120. The molecule has 1 heterocycles. The molecule has 0 unspecified atom stereocenters. The largest absolute Gasteiger partial charge is 0.497 e. The molecule has 0 radical (unpaired) electrons. The summed E-state index contributed by atoms with van der Waals surface area (Å²) in [5.74, 6) is -2.83. The molecule has 30 heavy (non-hydrogen) atoms. The van der Waals surface area contributed by atoms with Gasteiger partial charge in [0.05, 0.1) is 16.9 Å². The molecule has 0 spiro atoms. The summed E-state index contributed by atoms with van der Waals surface area (Å²) in [6, 6.07) is 9.92. The minimum absolute atomic E-state index is 0.0473. The Morgan fingerprint density at radius 3 is 2.17 bits per heavy atom. The maximum absolute atomic E-state index is 13.0. The standard InChI is InChI=1S/C20H18ClNO7S/c1-20(2)28-18(23)17(19(24)29-20)11-22-13-8-14(27-3)10-16(9-13)30(25,26)15-6-4-12(21)5-7-15/h4-11,22H,1-3H3. The summed E-state index contributed by atoms with van der Waals surface area (Å²) in [6.45, 7) is 2.87. The predicted molar refractivity (Wildman–Crippen MR) is 108 cm³/mol. The van der Waals surface area contributed by atoms with Crippen LogP contribution in [0.5, 0.6) is 5.75 Å². The molecule has 0 bridgehead atoms. The van der Waals surface area contributed by atoms with Gasteiger partial charge in [0.15, 0.2) is 5.57 Å². The van der Waals surface area contributed by atoms with E-state index in [0.717, 1.165) is 6.20 Å². The molecule has 2 aromatic rings. The van der Waals surface area contributed by atoms with Crippen molar-refractivity contribution < 1.29 is 32.2 Å². The molecule has 0 aromatic heterocycles. The highest BCUT2D eigenvalue weighted by atomic mass is 35.5. The van der Waals surface area contributed by atoms with Gasteiger partial charge in [0, 0.05) is 36.8 Å². The number of methoxy groups -OCH3 is 1. The van der Waals surface area contributed by atoms with Crippen molar-refractivity contribution in [2.75, 3.05) is 12.4 Å². The summed E-state index contributed by atoms with van der Waals surface area (Å²) in [5, 5.41) is 3.13. The number of cyclic esters (lactones) is 2. The summed E-state index contributed by atoms with van der Waals surface area (Å²) < 4.78 is 41.1. The molecular formula is C20H18ClNO7S. The zero-order valence-corrected chi connectivity index (χ0v) is 17.8. The second kappa shape index (κ2) is 8.00. The number of hydrogen-bond donors (Lipinski definition) is 1. The van der Waals surface area contributed by atoms with Crippen LogP contribution >= 0.6 is 11.6 Å². The van der Waals surface area contributed by atoms with Crippen molar-refractivity contribution in [2.45, 2.75) is 29.4 Å². The molecule has 1 saturated heterocycles. The summed E-state index contributed by atoms with van der Waals surface area (Å²) in [6.07, 6.45) is 1.09. The fourth-order valence-electron chi connectivity index (χ4n) is 2.61. The van der Waals surface area contributed by atoms with E-state index >= 15 is 0 Å². The van der Waals surface area contributed by atoms with E-state index in [1.807, 2.05) is 0 Å². The minimum atomic E-state index is -3.87. The number of nitrogens with one attached hydrogen (secondary N) is 1. The molecule has 8 nitrogen and oxygen atoms in total. The monoisotopic (exact) mass is 451 g/mol. The quantitative estimate of drug-likeness (QED) is 0.419. The van der Waals surface area contributed by atoms with Crippen LogP contribution in [0.1, 0.15) is 13.8 Å². The number of halogens is 1. The number of esters is 2. The van der Waals surface area contributed by atoms with Crippen molar-refractivity contribution in [3.05, 3.63) is 59.3 Å². The molecule has 0 atom stereocenters. The third-order valence-corrected chi connectivity index (χ3v) is 6.05. The predicted octanol–water partition coefficient (Wildman–Crippen LogP) is 3.31. The number of benzene rings is 2. The molecule has 1 aliphatic heterocycles. The van der Waals surface area contributed by atoms with Crippen LogP contribution in [-0.4, -0.2) is 33.3 Å². The van der Waals surface area contributed by atoms with Crippen molar-refractivity contribution in [3.63, 3.8) is 0 Å². The third-order valence-electron chi connectivity index (χ3n) is 4.05. The van der Waals surface area contributed by atoms with E-state index in [2.05, 4.69) is 5.32 Å². The van der Waals surface area contributed by atoms with Crippen molar-refractivity contribution in [3.8, 4) is 5.75 Å². The van der Waals surface area contributed by atoms with Gasteiger partial charge >= 0.3 is 11.9 Å². The zero-order chi connectivity index (χ0) is 22.1. The highest BCUT2D eigenvalue weighted by Crippen LogP contribution is 2.29. The minimum Gasteiger partial charge on any atom is -0.497 e. The number of ether oxygens (including phenoxy) is 3. The van der Waals surface area contributed by atoms with Gasteiger partial charge < -0.3 is 19.5 Å². The first-order valence-electron chi connectivity index (χ1n) is 8.65. The number of anilines is 1. The first kappa shape index (κ1) is 21.7. The summed E-state index contributed by atoms with van der Waals surface area (Å²) >= 11 is 5.83. The zero-order valence-electron chi connectivity index (χ0n) is 16.3. The van der Waals surface area contributed by atoms with Crippen molar-refractivity contribution in [1.29, 1.82) is 0 Å². The Balaban J connectivity index is 1.95. The van der Waals surface area contributed by atoms with Crippen LogP contribution in [0, 0.1) is 0 Å². The van der Waals surface area contributed by atoms with Gasteiger partial charge in [-0.1, -0.05) is 11.6 Å². The van der Waals surface area contributed by atoms with E-state index in [0.29, 0.717) is 5.02 Å². The van der Waals surface area contributed by atoms with Crippen molar-refractivity contribution >= 4 is 39.1 Å². The van der Waals surface area contributed by atoms with Gasteiger partial charge in [0.25, 0.3) is 5.79 Å². The Morgan fingerprint density at radius 2 is 1.60 bits per heavy atom. The number of hydrogen-bond acceptors (Lipinski definition) is 8. The fraction of sp³-hybridized carbons (Fsp3) is 0.200. The van der Waals surface area contributed by atoms with Crippen LogP contribution in [-0.2, 0) is 28.9 Å². The van der Waals surface area contributed by atoms with Crippen LogP contribution in [0.25, 0.3) is 0 Å². The number of carbonyl (C=O) groups excluding carboxylic acids is 2. The average Bonchev–Trinajstić information content (AvgIpc) is 2.66. The van der Waals surface area contributed by atoms with E-state index in [9.17, 15) is 18.0 Å². The van der Waals surface area contributed by atoms with Gasteiger partial charge in [-0.15, -0.1) is 0 Å². The summed E-state index contributed by atoms with van der Waals surface area (Å²) in [5.41, 5.74) is -0.0981. The molecule has 0 saturated carbocycles. The lowest BCUT2D eigenvalue weighted by atomic mass is 10.2. The van der Waals surface area contributed by atoms with Gasteiger partial charge in [-0.25, -0.2) is 18.0 Å². The lowest BCUT2D eigenvalue weighted by Gasteiger charge is -2.29. The van der Waals surface area contributed by atoms with E-state index in [4.69, 9.17) is 25.8 Å². The summed E-state index contributed by atoms with van der Waals surface area (Å²) in [7, 11) is -2.49. The van der Waals surface area contributed by atoms with Crippen LogP contribution in [0.3, 0.4) is 0 Å². The van der Waals surface area contributed by atoms with E-state index in [1.54, 1.807) is 0 Å². The highest BCUT2D eigenvalue weighted by molar-refractivity contribution is 7.91. The molecule has 1 fully saturated rings. The van der Waals surface area contributed by atoms with E-state index < -0.39 is 27.6 Å². The molecule has 158 valence electrons. The summed E-state index contributed by atoms with van der Waals surface area (Å²) in [4.78, 5) is 24.1. The Hall–Kier alpha value is -3.04. The van der Waals surface area contributed by atoms with Gasteiger partial charge in [0.2, 0.25) is 9.84 Å². The Kier molecular flexibility index (Phi) is 5.78. The maximum Gasteiger partial charge on any atom is 0.350 e. The molecule has 3 rings (SSSR count). The lowest BCUT2D eigenvalue weighted by molar-refractivity contribution is -0.222. The van der Waals surface area contributed by atoms with Gasteiger partial charge in [-0.3, -0.25) is 0 Å². The van der Waals surface area contributed by atoms with E-state index in [-0.39, 0.29) is 26.8 Å².